The number of carbonyl (C=O) groups excluding carboxylic acids is 2. The van der Waals surface area contributed by atoms with Gasteiger partial charge in [-0.3, -0.25) is 4.79 Å². The van der Waals surface area contributed by atoms with E-state index >= 15 is 0 Å². The predicted octanol–water partition coefficient (Wildman–Crippen LogP) is 3.43. The van der Waals surface area contributed by atoms with Gasteiger partial charge in [-0.05, 0) is 55.5 Å². The minimum absolute atomic E-state index is 0.405. The monoisotopic (exact) mass is 351 g/mol. The van der Waals surface area contributed by atoms with Crippen molar-refractivity contribution in [3.05, 3.63) is 59.4 Å². The molecule has 0 aliphatic rings. The van der Waals surface area contributed by atoms with Crippen molar-refractivity contribution in [3.8, 4) is 5.75 Å². The SMILES string of the molecule is CC(Oc1ccc(Cl)cc1)C(=O)OCC(=O)Nc1ccc(F)cc1. The van der Waals surface area contributed by atoms with E-state index in [9.17, 15) is 14.0 Å². The third-order valence-electron chi connectivity index (χ3n) is 2.93. The third-order valence-corrected chi connectivity index (χ3v) is 3.18. The average Bonchev–Trinajstić information content (AvgIpc) is 2.57. The molecule has 2 rings (SSSR count). The molecule has 5 nitrogen and oxygen atoms in total. The molecule has 24 heavy (non-hydrogen) atoms. The molecule has 0 spiro atoms. The number of amides is 1. The van der Waals surface area contributed by atoms with Gasteiger partial charge < -0.3 is 14.8 Å². The predicted molar refractivity (Wildman–Crippen MR) is 87.5 cm³/mol. The molecule has 2 aromatic rings. The van der Waals surface area contributed by atoms with Crippen LogP contribution in [-0.4, -0.2) is 24.6 Å². The smallest absolute Gasteiger partial charge is 0.347 e. The second-order valence-electron chi connectivity index (χ2n) is 4.88. The van der Waals surface area contributed by atoms with Crippen LogP contribution in [0.1, 0.15) is 6.92 Å². The van der Waals surface area contributed by atoms with Crippen LogP contribution in [0.4, 0.5) is 10.1 Å². The van der Waals surface area contributed by atoms with E-state index in [1.54, 1.807) is 24.3 Å². The quantitative estimate of drug-likeness (QED) is 0.810. The molecule has 1 unspecified atom stereocenters. The van der Waals surface area contributed by atoms with Crippen molar-refractivity contribution >= 4 is 29.2 Å². The molecule has 0 aliphatic carbocycles. The van der Waals surface area contributed by atoms with Gasteiger partial charge in [0.15, 0.2) is 12.7 Å². The van der Waals surface area contributed by atoms with Crippen LogP contribution in [0.5, 0.6) is 5.75 Å². The standard InChI is InChI=1S/C17H15ClFNO4/c1-11(24-15-8-2-12(18)3-9-15)17(22)23-10-16(21)20-14-6-4-13(19)5-7-14/h2-9,11H,10H2,1H3,(H,20,21). The molecule has 0 fully saturated rings. The van der Waals surface area contributed by atoms with Crippen LogP contribution in [-0.2, 0) is 14.3 Å². The summed E-state index contributed by atoms with van der Waals surface area (Å²) in [6.45, 7) is 1.04. The van der Waals surface area contributed by atoms with Gasteiger partial charge >= 0.3 is 5.97 Å². The number of ether oxygens (including phenoxy) is 2. The van der Waals surface area contributed by atoms with Gasteiger partial charge in [0.2, 0.25) is 0 Å². The Morgan fingerprint density at radius 3 is 2.38 bits per heavy atom. The maximum absolute atomic E-state index is 12.8. The first-order valence-corrected chi connectivity index (χ1v) is 7.46. The summed E-state index contributed by atoms with van der Waals surface area (Å²) in [6, 6.07) is 11.7. The molecule has 0 saturated carbocycles. The lowest BCUT2D eigenvalue weighted by Crippen LogP contribution is -2.29. The molecule has 2 aromatic carbocycles. The highest BCUT2D eigenvalue weighted by Gasteiger charge is 2.17. The van der Waals surface area contributed by atoms with Gasteiger partial charge in [0.05, 0.1) is 0 Å². The molecule has 1 atom stereocenters. The third kappa shape index (κ3) is 5.55. The molecule has 1 amide bonds. The van der Waals surface area contributed by atoms with Gasteiger partial charge in [0.25, 0.3) is 5.91 Å². The zero-order valence-electron chi connectivity index (χ0n) is 12.8. The fourth-order valence-electron chi connectivity index (χ4n) is 1.75. The van der Waals surface area contributed by atoms with E-state index in [2.05, 4.69) is 5.32 Å². The Morgan fingerprint density at radius 2 is 1.75 bits per heavy atom. The molecule has 126 valence electrons. The Balaban J connectivity index is 1.77. The number of halogens is 2. The average molecular weight is 352 g/mol. The molecular weight excluding hydrogens is 337 g/mol. The van der Waals surface area contributed by atoms with E-state index in [-0.39, 0.29) is 0 Å². The highest BCUT2D eigenvalue weighted by molar-refractivity contribution is 6.30. The molecule has 0 aromatic heterocycles. The number of hydrogen-bond donors (Lipinski definition) is 1. The first kappa shape index (κ1) is 17.7. The van der Waals surface area contributed by atoms with Gasteiger partial charge in [-0.2, -0.15) is 0 Å². The van der Waals surface area contributed by atoms with Crippen molar-refractivity contribution in [1.29, 1.82) is 0 Å². The lowest BCUT2D eigenvalue weighted by Gasteiger charge is -2.14. The van der Waals surface area contributed by atoms with Crippen LogP contribution in [0.2, 0.25) is 5.02 Å². The van der Waals surface area contributed by atoms with E-state index in [0.717, 1.165) is 0 Å². The van der Waals surface area contributed by atoms with Gasteiger partial charge in [0.1, 0.15) is 11.6 Å². The van der Waals surface area contributed by atoms with E-state index < -0.39 is 30.4 Å². The zero-order chi connectivity index (χ0) is 17.5. The minimum atomic E-state index is -0.884. The fraction of sp³-hybridized carbons (Fsp3) is 0.176. The maximum Gasteiger partial charge on any atom is 0.347 e. The molecule has 0 heterocycles. The Bertz CT molecular complexity index is 704. The first-order chi connectivity index (χ1) is 11.4. The molecule has 0 aliphatic heterocycles. The molecule has 0 bridgehead atoms. The zero-order valence-corrected chi connectivity index (χ0v) is 13.5. The number of rotatable bonds is 6. The molecular formula is C17H15ClFNO4. The van der Waals surface area contributed by atoms with Crippen LogP contribution in [0, 0.1) is 5.82 Å². The number of hydrogen-bond acceptors (Lipinski definition) is 4. The number of esters is 1. The van der Waals surface area contributed by atoms with Gasteiger partial charge in [0, 0.05) is 10.7 Å². The van der Waals surface area contributed by atoms with Crippen molar-refractivity contribution in [2.45, 2.75) is 13.0 Å². The van der Waals surface area contributed by atoms with Gasteiger partial charge in [-0.25, -0.2) is 9.18 Å². The van der Waals surface area contributed by atoms with Crippen LogP contribution in [0.25, 0.3) is 0 Å². The lowest BCUT2D eigenvalue weighted by molar-refractivity contribution is -0.153. The highest BCUT2D eigenvalue weighted by atomic mass is 35.5. The van der Waals surface area contributed by atoms with Crippen LogP contribution in [0.3, 0.4) is 0 Å². The van der Waals surface area contributed by atoms with E-state index in [1.165, 1.54) is 31.2 Å². The Kier molecular flexibility index (Phi) is 6.14. The van der Waals surface area contributed by atoms with Crippen molar-refractivity contribution in [2.24, 2.45) is 0 Å². The number of anilines is 1. The number of nitrogens with one attached hydrogen (secondary N) is 1. The van der Waals surface area contributed by atoms with E-state index in [0.29, 0.717) is 16.5 Å². The second-order valence-corrected chi connectivity index (χ2v) is 5.31. The summed E-state index contributed by atoms with van der Waals surface area (Å²) in [6.07, 6.45) is -0.884. The Hall–Kier alpha value is -2.60. The van der Waals surface area contributed by atoms with Crippen LogP contribution in [0.15, 0.2) is 48.5 Å². The summed E-state index contributed by atoms with van der Waals surface area (Å²) in [7, 11) is 0. The van der Waals surface area contributed by atoms with E-state index in [1.807, 2.05) is 0 Å². The molecule has 0 saturated heterocycles. The van der Waals surface area contributed by atoms with Crippen molar-refractivity contribution in [3.63, 3.8) is 0 Å². The van der Waals surface area contributed by atoms with Gasteiger partial charge in [-0.1, -0.05) is 11.6 Å². The topological polar surface area (TPSA) is 64.6 Å². The largest absolute Gasteiger partial charge is 0.479 e. The number of carbonyl (C=O) groups is 2. The summed E-state index contributed by atoms with van der Waals surface area (Å²) in [5.41, 5.74) is 0.405. The molecule has 7 heteroatoms. The summed E-state index contributed by atoms with van der Waals surface area (Å²) in [4.78, 5) is 23.5. The van der Waals surface area contributed by atoms with Crippen LogP contribution >= 0.6 is 11.6 Å². The summed E-state index contributed by atoms with van der Waals surface area (Å²) in [5, 5.41) is 3.03. The molecule has 0 radical (unpaired) electrons. The first-order valence-electron chi connectivity index (χ1n) is 7.08. The number of benzene rings is 2. The fourth-order valence-corrected chi connectivity index (χ4v) is 1.88. The van der Waals surface area contributed by atoms with Crippen molar-refractivity contribution in [2.75, 3.05) is 11.9 Å². The maximum atomic E-state index is 12.8. The van der Waals surface area contributed by atoms with Crippen molar-refractivity contribution < 1.29 is 23.5 Å². The normalized spacial score (nSPS) is 11.5. The van der Waals surface area contributed by atoms with E-state index in [4.69, 9.17) is 21.1 Å². The van der Waals surface area contributed by atoms with Crippen LogP contribution < -0.4 is 10.1 Å². The van der Waals surface area contributed by atoms with Gasteiger partial charge in [-0.15, -0.1) is 0 Å². The summed E-state index contributed by atoms with van der Waals surface area (Å²) >= 11 is 5.76. The summed E-state index contributed by atoms with van der Waals surface area (Å²) in [5.74, 6) is -1.17. The Morgan fingerprint density at radius 1 is 1.12 bits per heavy atom. The van der Waals surface area contributed by atoms with Crippen molar-refractivity contribution in [1.82, 2.24) is 0 Å². The Labute approximate surface area is 143 Å². The molecule has 1 N–H and O–H groups in total. The second kappa shape index (κ2) is 8.31. The minimum Gasteiger partial charge on any atom is -0.479 e. The lowest BCUT2D eigenvalue weighted by atomic mass is 10.3. The summed E-state index contributed by atoms with van der Waals surface area (Å²) < 4.78 is 23.0. The highest BCUT2D eigenvalue weighted by Crippen LogP contribution is 2.17.